The summed E-state index contributed by atoms with van der Waals surface area (Å²) in [6, 6.07) is 16.6. The van der Waals surface area contributed by atoms with Gasteiger partial charge in [-0.15, -0.1) is 10.2 Å². The first-order valence-electron chi connectivity index (χ1n) is 10.8. The molecule has 0 radical (unpaired) electrons. The molecule has 2 aliphatic rings. The van der Waals surface area contributed by atoms with E-state index in [1.54, 1.807) is 25.1 Å². The van der Waals surface area contributed by atoms with Gasteiger partial charge in [0.2, 0.25) is 6.79 Å². The summed E-state index contributed by atoms with van der Waals surface area (Å²) >= 11 is 0. The number of benzene rings is 2. The van der Waals surface area contributed by atoms with Gasteiger partial charge in [0.1, 0.15) is 5.75 Å². The van der Waals surface area contributed by atoms with Gasteiger partial charge in [0, 0.05) is 30.4 Å². The minimum atomic E-state index is -0.691. The number of anilines is 2. The van der Waals surface area contributed by atoms with Crippen molar-refractivity contribution < 1.29 is 23.7 Å². The first-order chi connectivity index (χ1) is 16.2. The molecule has 1 atom stereocenters. The first-order valence-corrected chi connectivity index (χ1v) is 10.8. The van der Waals surface area contributed by atoms with E-state index >= 15 is 0 Å². The molecule has 0 spiro atoms. The number of carbonyl (C=O) groups is 1. The van der Waals surface area contributed by atoms with Crippen molar-refractivity contribution >= 4 is 17.4 Å². The van der Waals surface area contributed by atoms with Gasteiger partial charge in [-0.25, -0.2) is 0 Å². The molecule has 3 heterocycles. The monoisotopic (exact) mass is 448 g/mol. The van der Waals surface area contributed by atoms with Gasteiger partial charge in [0.15, 0.2) is 23.4 Å². The summed E-state index contributed by atoms with van der Waals surface area (Å²) in [5.41, 5.74) is 2.35. The lowest BCUT2D eigenvalue weighted by molar-refractivity contribution is -0.122. The number of hydrogen-bond acceptors (Lipinski definition) is 8. The minimum Gasteiger partial charge on any atom is -0.481 e. The summed E-state index contributed by atoms with van der Waals surface area (Å²) in [4.78, 5) is 14.7. The van der Waals surface area contributed by atoms with Crippen LogP contribution in [0.25, 0.3) is 11.3 Å². The number of ether oxygens (including phenoxy) is 4. The Balaban J connectivity index is 1.18. The van der Waals surface area contributed by atoms with Crippen LogP contribution < -0.4 is 24.4 Å². The van der Waals surface area contributed by atoms with E-state index in [-0.39, 0.29) is 12.7 Å². The van der Waals surface area contributed by atoms with Crippen molar-refractivity contribution in [2.75, 3.05) is 43.3 Å². The van der Waals surface area contributed by atoms with E-state index in [1.165, 1.54) is 0 Å². The molecule has 1 aromatic heterocycles. The molecule has 3 aromatic rings. The van der Waals surface area contributed by atoms with E-state index in [0.29, 0.717) is 36.1 Å². The third kappa shape index (κ3) is 4.83. The van der Waals surface area contributed by atoms with Gasteiger partial charge in [-0.1, -0.05) is 12.1 Å². The second-order valence-corrected chi connectivity index (χ2v) is 7.72. The predicted octanol–water partition coefficient (Wildman–Crippen LogP) is 3.11. The lowest BCUT2D eigenvalue weighted by atomic mass is 10.1. The fourth-order valence-electron chi connectivity index (χ4n) is 3.62. The van der Waals surface area contributed by atoms with Crippen LogP contribution in [0.4, 0.5) is 11.5 Å². The minimum absolute atomic E-state index is 0.189. The summed E-state index contributed by atoms with van der Waals surface area (Å²) in [5.74, 6) is 2.41. The Kier molecular flexibility index (Phi) is 5.95. The number of rotatable bonds is 6. The number of morpholine rings is 1. The van der Waals surface area contributed by atoms with Crippen LogP contribution in [0.2, 0.25) is 0 Å². The molecular weight excluding hydrogens is 424 g/mol. The third-order valence-corrected chi connectivity index (χ3v) is 5.46. The molecule has 33 heavy (non-hydrogen) atoms. The van der Waals surface area contributed by atoms with Crippen LogP contribution in [-0.2, 0) is 9.53 Å². The Hall–Kier alpha value is -3.85. The van der Waals surface area contributed by atoms with Crippen molar-refractivity contribution in [2.45, 2.75) is 13.0 Å². The van der Waals surface area contributed by atoms with E-state index in [4.69, 9.17) is 18.9 Å². The molecule has 2 aliphatic heterocycles. The fourth-order valence-corrected chi connectivity index (χ4v) is 3.62. The topological polar surface area (TPSA) is 95.0 Å². The lowest BCUT2D eigenvalue weighted by Crippen LogP contribution is -2.36. The van der Waals surface area contributed by atoms with E-state index in [2.05, 4.69) is 20.4 Å². The van der Waals surface area contributed by atoms with Gasteiger partial charge in [-0.05, 0) is 43.3 Å². The molecule has 0 bridgehead atoms. The molecule has 0 saturated carbocycles. The molecule has 0 aliphatic carbocycles. The van der Waals surface area contributed by atoms with E-state index in [9.17, 15) is 4.79 Å². The number of carbonyl (C=O) groups excluding carboxylic acids is 1. The number of fused-ring (bicyclic) bond motifs is 1. The summed E-state index contributed by atoms with van der Waals surface area (Å²) in [6.45, 7) is 4.93. The molecular formula is C24H24N4O5. The van der Waals surface area contributed by atoms with Crippen molar-refractivity contribution in [1.82, 2.24) is 10.2 Å². The molecule has 1 N–H and O–H groups in total. The zero-order valence-electron chi connectivity index (χ0n) is 18.2. The van der Waals surface area contributed by atoms with Crippen LogP contribution in [0.5, 0.6) is 17.2 Å². The highest BCUT2D eigenvalue weighted by Crippen LogP contribution is 2.35. The predicted molar refractivity (Wildman–Crippen MR) is 122 cm³/mol. The van der Waals surface area contributed by atoms with Crippen LogP contribution in [0, 0.1) is 0 Å². The maximum absolute atomic E-state index is 12.6. The van der Waals surface area contributed by atoms with Gasteiger partial charge in [-0.2, -0.15) is 0 Å². The Labute approximate surface area is 191 Å². The number of hydrogen-bond donors (Lipinski definition) is 1. The molecule has 5 rings (SSSR count). The molecule has 9 heteroatoms. The lowest BCUT2D eigenvalue weighted by Gasteiger charge is -2.27. The SMILES string of the molecule is CC(Oc1ccc2c(c1)OCO2)C(=O)Nc1ccc(-c2ccc(N3CCOCC3)nn2)cc1. The van der Waals surface area contributed by atoms with Gasteiger partial charge < -0.3 is 29.2 Å². The third-order valence-electron chi connectivity index (χ3n) is 5.46. The normalized spacial score (nSPS) is 15.7. The number of amides is 1. The van der Waals surface area contributed by atoms with Gasteiger partial charge in [0.05, 0.1) is 18.9 Å². The van der Waals surface area contributed by atoms with Gasteiger partial charge >= 0.3 is 0 Å². The Morgan fingerprint density at radius 1 is 1.00 bits per heavy atom. The van der Waals surface area contributed by atoms with Crippen molar-refractivity contribution in [1.29, 1.82) is 0 Å². The van der Waals surface area contributed by atoms with E-state index in [1.807, 2.05) is 36.4 Å². The summed E-state index contributed by atoms with van der Waals surface area (Å²) in [5, 5.41) is 11.6. The average Bonchev–Trinajstić information content (AvgIpc) is 3.33. The second kappa shape index (κ2) is 9.33. The second-order valence-electron chi connectivity index (χ2n) is 7.72. The van der Waals surface area contributed by atoms with E-state index < -0.39 is 6.10 Å². The van der Waals surface area contributed by atoms with Crippen LogP contribution in [0.1, 0.15) is 6.92 Å². The standard InChI is InChI=1S/C24H24N4O5/c1-16(33-19-6-8-21-22(14-19)32-15-31-21)24(29)25-18-4-2-17(3-5-18)20-7-9-23(27-26-20)28-10-12-30-13-11-28/h2-9,14,16H,10-13,15H2,1H3,(H,25,29). The summed E-state index contributed by atoms with van der Waals surface area (Å²) in [7, 11) is 0. The number of nitrogens with one attached hydrogen (secondary N) is 1. The highest BCUT2D eigenvalue weighted by Gasteiger charge is 2.19. The smallest absolute Gasteiger partial charge is 0.265 e. The van der Waals surface area contributed by atoms with Gasteiger partial charge in [-0.3, -0.25) is 4.79 Å². The number of nitrogens with zero attached hydrogens (tertiary/aromatic N) is 3. The molecule has 2 aromatic carbocycles. The Morgan fingerprint density at radius 2 is 1.79 bits per heavy atom. The molecule has 9 nitrogen and oxygen atoms in total. The maximum atomic E-state index is 12.6. The molecule has 1 fully saturated rings. The first kappa shape index (κ1) is 21.0. The Bertz CT molecular complexity index is 1110. The van der Waals surface area contributed by atoms with Crippen molar-refractivity contribution in [2.24, 2.45) is 0 Å². The van der Waals surface area contributed by atoms with Gasteiger partial charge in [0.25, 0.3) is 5.91 Å². The van der Waals surface area contributed by atoms with E-state index in [0.717, 1.165) is 30.2 Å². The zero-order valence-corrected chi connectivity index (χ0v) is 18.2. The summed E-state index contributed by atoms with van der Waals surface area (Å²) in [6.07, 6.45) is -0.691. The number of aromatic nitrogens is 2. The quantitative estimate of drug-likeness (QED) is 0.615. The molecule has 170 valence electrons. The molecule has 1 saturated heterocycles. The summed E-state index contributed by atoms with van der Waals surface area (Å²) < 4.78 is 21.8. The van der Waals surface area contributed by atoms with Crippen LogP contribution in [0.3, 0.4) is 0 Å². The highest BCUT2D eigenvalue weighted by molar-refractivity contribution is 5.94. The molecule has 1 unspecified atom stereocenters. The van der Waals surface area contributed by atoms with Crippen LogP contribution in [-0.4, -0.2) is 55.3 Å². The average molecular weight is 448 g/mol. The highest BCUT2D eigenvalue weighted by atomic mass is 16.7. The Morgan fingerprint density at radius 3 is 2.55 bits per heavy atom. The largest absolute Gasteiger partial charge is 0.481 e. The van der Waals surface area contributed by atoms with Crippen molar-refractivity contribution in [3.05, 3.63) is 54.6 Å². The maximum Gasteiger partial charge on any atom is 0.265 e. The zero-order chi connectivity index (χ0) is 22.6. The molecule has 1 amide bonds. The fraction of sp³-hybridized carbons (Fsp3) is 0.292. The van der Waals surface area contributed by atoms with Crippen LogP contribution >= 0.6 is 0 Å². The van der Waals surface area contributed by atoms with Crippen molar-refractivity contribution in [3.63, 3.8) is 0 Å². The van der Waals surface area contributed by atoms with Crippen LogP contribution in [0.15, 0.2) is 54.6 Å². The van der Waals surface area contributed by atoms with Crippen molar-refractivity contribution in [3.8, 4) is 28.5 Å².